The Morgan fingerprint density at radius 1 is 1.53 bits per heavy atom. The number of likely N-dealkylation sites (tertiary alicyclic amines) is 1. The predicted octanol–water partition coefficient (Wildman–Crippen LogP) is 2.28. The molecule has 0 aromatic carbocycles. The Morgan fingerprint density at radius 2 is 2.33 bits per heavy atom. The second kappa shape index (κ2) is 9.38. The average molecular weight is 415 g/mol. The molecule has 1 fully saturated rings. The SMILES string of the molecule is C=CC(=O)N1CCC(F)C(Oc2nc(N/C(C=N)=C/NCC)nc3[nH]cc(C)c23)C1. The first-order valence-electron chi connectivity index (χ1n) is 9.75. The number of alkyl halides is 1. The van der Waals surface area contributed by atoms with Crippen LogP contribution in [0.2, 0.25) is 0 Å². The number of nitrogens with one attached hydrogen (secondary N) is 4. The minimum absolute atomic E-state index is 0.107. The Morgan fingerprint density at radius 3 is 3.03 bits per heavy atom. The van der Waals surface area contributed by atoms with Crippen LogP contribution >= 0.6 is 0 Å². The number of amides is 1. The molecule has 2 unspecified atom stereocenters. The lowest BCUT2D eigenvalue weighted by Crippen LogP contribution is -2.49. The zero-order chi connectivity index (χ0) is 21.7. The Balaban J connectivity index is 1.91. The van der Waals surface area contributed by atoms with Gasteiger partial charge in [0.1, 0.15) is 17.9 Å². The molecule has 1 aliphatic heterocycles. The van der Waals surface area contributed by atoms with Crippen LogP contribution in [-0.4, -0.2) is 63.9 Å². The molecule has 0 bridgehead atoms. The monoisotopic (exact) mass is 415 g/mol. The van der Waals surface area contributed by atoms with Crippen molar-refractivity contribution in [2.24, 2.45) is 0 Å². The third kappa shape index (κ3) is 4.58. The number of ether oxygens (including phenoxy) is 1. The van der Waals surface area contributed by atoms with Crippen LogP contribution in [0.25, 0.3) is 11.0 Å². The first-order valence-corrected chi connectivity index (χ1v) is 9.75. The molecule has 1 amide bonds. The van der Waals surface area contributed by atoms with E-state index >= 15 is 0 Å². The summed E-state index contributed by atoms with van der Waals surface area (Å²) in [5, 5.41) is 14.1. The molecular weight excluding hydrogens is 389 g/mol. The molecule has 2 aromatic rings. The summed E-state index contributed by atoms with van der Waals surface area (Å²) in [6.07, 6.45) is 3.84. The van der Waals surface area contributed by atoms with Crippen molar-refractivity contribution in [1.29, 1.82) is 5.41 Å². The number of allylic oxidation sites excluding steroid dienone is 1. The summed E-state index contributed by atoms with van der Waals surface area (Å²) in [7, 11) is 0. The molecule has 2 atom stereocenters. The fourth-order valence-electron chi connectivity index (χ4n) is 3.22. The zero-order valence-corrected chi connectivity index (χ0v) is 17.0. The smallest absolute Gasteiger partial charge is 0.246 e. The van der Waals surface area contributed by atoms with Crippen LogP contribution in [0.4, 0.5) is 10.3 Å². The Hall–Kier alpha value is -3.43. The van der Waals surface area contributed by atoms with E-state index in [2.05, 4.69) is 32.2 Å². The number of hydrogen-bond acceptors (Lipinski definition) is 7. The Labute approximate surface area is 173 Å². The van der Waals surface area contributed by atoms with Crippen molar-refractivity contribution in [2.75, 3.05) is 25.0 Å². The number of fused-ring (bicyclic) bond motifs is 1. The fourth-order valence-corrected chi connectivity index (χ4v) is 3.22. The van der Waals surface area contributed by atoms with Gasteiger partial charge in [-0.3, -0.25) is 4.79 Å². The van der Waals surface area contributed by atoms with Crippen LogP contribution in [0.15, 0.2) is 30.7 Å². The van der Waals surface area contributed by atoms with Gasteiger partial charge in [-0.05, 0) is 31.9 Å². The molecule has 2 aromatic heterocycles. The highest BCUT2D eigenvalue weighted by atomic mass is 19.1. The van der Waals surface area contributed by atoms with Gasteiger partial charge in [-0.15, -0.1) is 0 Å². The van der Waals surface area contributed by atoms with Gasteiger partial charge < -0.3 is 30.7 Å². The number of aromatic amines is 1. The van der Waals surface area contributed by atoms with Crippen molar-refractivity contribution in [2.45, 2.75) is 32.5 Å². The van der Waals surface area contributed by atoms with Gasteiger partial charge in [0.05, 0.1) is 17.6 Å². The molecular formula is C20H26FN7O2. The van der Waals surface area contributed by atoms with Crippen LogP contribution in [-0.2, 0) is 4.79 Å². The van der Waals surface area contributed by atoms with E-state index in [0.29, 0.717) is 29.8 Å². The van der Waals surface area contributed by atoms with Crippen LogP contribution < -0.4 is 15.4 Å². The summed E-state index contributed by atoms with van der Waals surface area (Å²) in [4.78, 5) is 25.4. The molecule has 9 nitrogen and oxygen atoms in total. The highest BCUT2D eigenvalue weighted by Crippen LogP contribution is 2.30. The number of aryl methyl sites for hydroxylation is 1. The number of aromatic nitrogens is 3. The number of H-pyrrole nitrogens is 1. The Kier molecular flexibility index (Phi) is 6.65. The van der Waals surface area contributed by atoms with Crippen molar-refractivity contribution in [3.63, 3.8) is 0 Å². The van der Waals surface area contributed by atoms with E-state index in [1.165, 1.54) is 11.0 Å². The first kappa shape index (κ1) is 21.3. The lowest BCUT2D eigenvalue weighted by molar-refractivity contribution is -0.130. The van der Waals surface area contributed by atoms with E-state index in [1.807, 2.05) is 13.8 Å². The molecule has 1 saturated heterocycles. The fraction of sp³-hybridized carbons (Fsp3) is 0.400. The van der Waals surface area contributed by atoms with Crippen LogP contribution in [0.5, 0.6) is 5.88 Å². The van der Waals surface area contributed by atoms with Gasteiger partial charge in [-0.1, -0.05) is 6.58 Å². The number of halogens is 1. The summed E-state index contributed by atoms with van der Waals surface area (Å²) in [5.74, 6) is 0.166. The molecule has 0 radical (unpaired) electrons. The lowest BCUT2D eigenvalue weighted by atomic mass is 10.1. The second-order valence-corrected chi connectivity index (χ2v) is 6.92. The highest BCUT2D eigenvalue weighted by molar-refractivity contribution is 5.87. The van der Waals surface area contributed by atoms with E-state index in [1.54, 1.807) is 12.4 Å². The quantitative estimate of drug-likeness (QED) is 0.388. The summed E-state index contributed by atoms with van der Waals surface area (Å²) < 4.78 is 20.6. The standard InChI is InChI=1S/C20H26FN7O2/c1-4-16(29)28-7-6-14(21)15(11-28)30-19-17-12(3)9-24-18(17)26-20(27-19)25-13(8-22)10-23-5-2/h4,8-10,14-15,22-23H,1,5-7,11H2,2-3H3,(H2,24,25,26,27)/b13-10+,22-8?. The molecule has 0 aliphatic carbocycles. The van der Waals surface area contributed by atoms with Crippen molar-refractivity contribution in [3.8, 4) is 5.88 Å². The molecule has 160 valence electrons. The number of hydrogen-bond donors (Lipinski definition) is 4. The first-order chi connectivity index (χ1) is 14.5. The third-order valence-electron chi connectivity index (χ3n) is 4.80. The minimum Gasteiger partial charge on any atom is -0.469 e. The number of carbonyl (C=O) groups excluding carboxylic acids is 1. The summed E-state index contributed by atoms with van der Waals surface area (Å²) >= 11 is 0. The lowest BCUT2D eigenvalue weighted by Gasteiger charge is -2.34. The van der Waals surface area contributed by atoms with E-state index in [4.69, 9.17) is 10.1 Å². The number of carbonyl (C=O) groups is 1. The molecule has 3 rings (SSSR count). The molecule has 4 N–H and O–H groups in total. The van der Waals surface area contributed by atoms with Crippen LogP contribution in [0.1, 0.15) is 18.9 Å². The summed E-state index contributed by atoms with van der Waals surface area (Å²) in [5.41, 5.74) is 1.83. The average Bonchev–Trinajstić information content (AvgIpc) is 3.12. The van der Waals surface area contributed by atoms with Crippen LogP contribution in [0.3, 0.4) is 0 Å². The molecule has 0 spiro atoms. The van der Waals surface area contributed by atoms with Crippen molar-refractivity contribution < 1.29 is 13.9 Å². The van der Waals surface area contributed by atoms with Gasteiger partial charge in [0.15, 0.2) is 0 Å². The third-order valence-corrected chi connectivity index (χ3v) is 4.80. The summed E-state index contributed by atoms with van der Waals surface area (Å²) in [6, 6.07) is 0. The normalized spacial score (nSPS) is 19.4. The molecule has 3 heterocycles. The predicted molar refractivity (Wildman–Crippen MR) is 113 cm³/mol. The largest absolute Gasteiger partial charge is 0.469 e. The van der Waals surface area contributed by atoms with E-state index in [9.17, 15) is 9.18 Å². The maximum absolute atomic E-state index is 14.6. The van der Waals surface area contributed by atoms with Gasteiger partial charge in [-0.25, -0.2) is 4.39 Å². The number of nitrogens with zero attached hydrogens (tertiary/aromatic N) is 3. The minimum atomic E-state index is -1.23. The van der Waals surface area contributed by atoms with E-state index < -0.39 is 12.3 Å². The van der Waals surface area contributed by atoms with Crippen LogP contribution in [0, 0.1) is 12.3 Å². The van der Waals surface area contributed by atoms with Crippen molar-refractivity contribution >= 4 is 29.1 Å². The topological polar surface area (TPSA) is 119 Å². The highest BCUT2D eigenvalue weighted by Gasteiger charge is 2.33. The van der Waals surface area contributed by atoms with Gasteiger partial charge in [-0.2, -0.15) is 9.97 Å². The van der Waals surface area contributed by atoms with Gasteiger partial charge in [0.25, 0.3) is 0 Å². The maximum atomic E-state index is 14.6. The maximum Gasteiger partial charge on any atom is 0.246 e. The number of rotatable bonds is 8. The molecule has 0 saturated carbocycles. The molecule has 1 aliphatic rings. The van der Waals surface area contributed by atoms with Gasteiger partial charge in [0.2, 0.25) is 17.7 Å². The molecule has 30 heavy (non-hydrogen) atoms. The number of anilines is 1. The summed E-state index contributed by atoms with van der Waals surface area (Å²) in [6.45, 7) is 8.42. The van der Waals surface area contributed by atoms with Gasteiger partial charge >= 0.3 is 0 Å². The second-order valence-electron chi connectivity index (χ2n) is 6.92. The van der Waals surface area contributed by atoms with Crippen molar-refractivity contribution in [1.82, 2.24) is 25.2 Å². The van der Waals surface area contributed by atoms with E-state index in [-0.39, 0.29) is 30.7 Å². The zero-order valence-electron chi connectivity index (χ0n) is 17.0. The number of piperidine rings is 1. The van der Waals surface area contributed by atoms with Crippen molar-refractivity contribution in [3.05, 3.63) is 36.3 Å². The van der Waals surface area contributed by atoms with E-state index in [0.717, 1.165) is 11.8 Å². The Bertz CT molecular complexity index is 971. The van der Waals surface area contributed by atoms with Gasteiger partial charge in [0, 0.05) is 31.7 Å². The molecule has 10 heteroatoms.